The molecule has 0 heterocycles. The van der Waals surface area contributed by atoms with Crippen LogP contribution in [-0.4, -0.2) is 26.6 Å². The van der Waals surface area contributed by atoms with Crippen molar-refractivity contribution < 1.29 is 13.2 Å². The van der Waals surface area contributed by atoms with Gasteiger partial charge in [0, 0.05) is 18.7 Å². The summed E-state index contributed by atoms with van der Waals surface area (Å²) in [5.41, 5.74) is 6.91. The molecule has 1 amide bonds. The number of primary sulfonamides is 1. The van der Waals surface area contributed by atoms with Crippen LogP contribution < -0.4 is 16.2 Å². The van der Waals surface area contributed by atoms with Gasteiger partial charge in [-0.25, -0.2) is 13.6 Å². The van der Waals surface area contributed by atoms with Crippen LogP contribution in [0.2, 0.25) is 0 Å². The Kier molecular flexibility index (Phi) is 5.26. The second-order valence-corrected chi connectivity index (χ2v) is 5.61. The molecule has 0 aliphatic carbocycles. The lowest BCUT2D eigenvalue weighted by atomic mass is 10.1. The summed E-state index contributed by atoms with van der Waals surface area (Å²) in [6, 6.07) is 6.91. The number of hydrogen-bond donors (Lipinski definition) is 3. The number of benzene rings is 1. The van der Waals surface area contributed by atoms with E-state index in [4.69, 9.17) is 10.9 Å². The van der Waals surface area contributed by atoms with Crippen LogP contribution in [0.15, 0.2) is 24.3 Å². The van der Waals surface area contributed by atoms with Gasteiger partial charge >= 0.3 is 0 Å². The van der Waals surface area contributed by atoms with Gasteiger partial charge < -0.3 is 11.1 Å². The molecule has 1 aromatic rings. The van der Waals surface area contributed by atoms with Gasteiger partial charge in [0.15, 0.2) is 0 Å². The summed E-state index contributed by atoms with van der Waals surface area (Å²) in [5.74, 6) is -0.382. The van der Waals surface area contributed by atoms with Crippen molar-refractivity contribution in [3.63, 3.8) is 0 Å². The van der Waals surface area contributed by atoms with E-state index in [1.165, 1.54) is 0 Å². The molecule has 0 spiro atoms. The van der Waals surface area contributed by atoms with Crippen molar-refractivity contribution in [2.24, 2.45) is 10.9 Å². The SMILES string of the molecule is NCc1ccc(C(=O)NCCCS(N)(=O)=O)cc1. The number of carbonyl (C=O) groups is 1. The van der Waals surface area contributed by atoms with E-state index in [1.807, 2.05) is 0 Å². The lowest BCUT2D eigenvalue weighted by Gasteiger charge is -2.05. The van der Waals surface area contributed by atoms with E-state index >= 15 is 0 Å². The molecule has 0 saturated heterocycles. The Labute approximate surface area is 106 Å². The number of amides is 1. The highest BCUT2D eigenvalue weighted by atomic mass is 32.2. The van der Waals surface area contributed by atoms with E-state index in [9.17, 15) is 13.2 Å². The van der Waals surface area contributed by atoms with Crippen molar-refractivity contribution in [1.29, 1.82) is 0 Å². The number of nitrogens with two attached hydrogens (primary N) is 2. The number of rotatable bonds is 6. The molecule has 0 aliphatic rings. The molecule has 0 bridgehead atoms. The maximum Gasteiger partial charge on any atom is 0.251 e. The fourth-order valence-corrected chi connectivity index (χ4v) is 1.92. The van der Waals surface area contributed by atoms with Crippen molar-refractivity contribution in [2.45, 2.75) is 13.0 Å². The van der Waals surface area contributed by atoms with Crippen LogP contribution in [0.3, 0.4) is 0 Å². The third kappa shape index (κ3) is 5.26. The standard InChI is InChI=1S/C11H17N3O3S/c12-8-9-2-4-10(5-3-9)11(15)14-6-1-7-18(13,16)17/h2-5H,1,6-8,12H2,(H,14,15)(H2,13,16,17). The summed E-state index contributed by atoms with van der Waals surface area (Å²) in [5, 5.41) is 7.46. The second-order valence-electron chi connectivity index (χ2n) is 3.88. The van der Waals surface area contributed by atoms with E-state index in [0.29, 0.717) is 18.5 Å². The van der Waals surface area contributed by atoms with Gasteiger partial charge in [0.2, 0.25) is 10.0 Å². The van der Waals surface area contributed by atoms with Gasteiger partial charge in [0.1, 0.15) is 0 Å². The molecule has 0 atom stereocenters. The molecule has 7 heteroatoms. The van der Waals surface area contributed by atoms with Crippen LogP contribution >= 0.6 is 0 Å². The topological polar surface area (TPSA) is 115 Å². The second kappa shape index (κ2) is 6.48. The molecule has 0 saturated carbocycles. The van der Waals surface area contributed by atoms with Gasteiger partial charge in [0.05, 0.1) is 5.75 Å². The average Bonchev–Trinajstić information content (AvgIpc) is 2.33. The third-order valence-electron chi connectivity index (χ3n) is 2.34. The zero-order valence-corrected chi connectivity index (χ0v) is 10.7. The summed E-state index contributed by atoms with van der Waals surface area (Å²) in [4.78, 5) is 11.6. The van der Waals surface area contributed by atoms with Crippen molar-refractivity contribution >= 4 is 15.9 Å². The highest BCUT2D eigenvalue weighted by Crippen LogP contribution is 2.03. The van der Waals surface area contributed by atoms with Gasteiger partial charge in [0.25, 0.3) is 5.91 Å². The van der Waals surface area contributed by atoms with Crippen LogP contribution in [0.5, 0.6) is 0 Å². The minimum atomic E-state index is -3.46. The number of nitrogens with one attached hydrogen (secondary N) is 1. The van der Waals surface area contributed by atoms with E-state index in [2.05, 4.69) is 5.32 Å². The van der Waals surface area contributed by atoms with Gasteiger partial charge in [-0.05, 0) is 24.1 Å². The average molecular weight is 271 g/mol. The summed E-state index contributed by atoms with van der Waals surface area (Å²) in [6.45, 7) is 0.699. The number of carbonyl (C=O) groups excluding carboxylic acids is 1. The lowest BCUT2D eigenvalue weighted by Crippen LogP contribution is -2.27. The zero-order chi connectivity index (χ0) is 13.6. The normalized spacial score (nSPS) is 11.2. The van der Waals surface area contributed by atoms with Gasteiger partial charge in [-0.1, -0.05) is 12.1 Å². The minimum Gasteiger partial charge on any atom is -0.352 e. The first-order chi connectivity index (χ1) is 8.42. The Morgan fingerprint density at radius 1 is 1.22 bits per heavy atom. The fraction of sp³-hybridized carbons (Fsp3) is 0.364. The molecule has 1 aromatic carbocycles. The third-order valence-corrected chi connectivity index (χ3v) is 3.20. The minimum absolute atomic E-state index is 0.139. The molecule has 0 aromatic heterocycles. The van der Waals surface area contributed by atoms with E-state index < -0.39 is 10.0 Å². The van der Waals surface area contributed by atoms with Crippen LogP contribution in [-0.2, 0) is 16.6 Å². The number of hydrogen-bond acceptors (Lipinski definition) is 4. The summed E-state index contributed by atoms with van der Waals surface area (Å²) >= 11 is 0. The van der Waals surface area contributed by atoms with Crippen molar-refractivity contribution in [2.75, 3.05) is 12.3 Å². The maximum atomic E-state index is 11.6. The quantitative estimate of drug-likeness (QED) is 0.608. The van der Waals surface area contributed by atoms with Crippen molar-refractivity contribution in [3.05, 3.63) is 35.4 Å². The predicted molar refractivity (Wildman–Crippen MR) is 69.3 cm³/mol. The molecule has 1 rings (SSSR count). The zero-order valence-electron chi connectivity index (χ0n) is 9.93. The first-order valence-corrected chi connectivity index (χ1v) is 7.21. The first kappa shape index (κ1) is 14.6. The van der Waals surface area contributed by atoms with Crippen molar-refractivity contribution in [1.82, 2.24) is 5.32 Å². The first-order valence-electron chi connectivity index (χ1n) is 5.50. The Morgan fingerprint density at radius 2 is 1.83 bits per heavy atom. The maximum absolute atomic E-state index is 11.6. The molecular weight excluding hydrogens is 254 g/mol. The molecule has 0 aliphatic heterocycles. The predicted octanol–water partition coefficient (Wildman–Crippen LogP) is -0.446. The largest absolute Gasteiger partial charge is 0.352 e. The molecule has 100 valence electrons. The van der Waals surface area contributed by atoms with Crippen molar-refractivity contribution in [3.8, 4) is 0 Å². The highest BCUT2D eigenvalue weighted by molar-refractivity contribution is 7.89. The van der Waals surface area contributed by atoms with Crippen LogP contribution in [0, 0.1) is 0 Å². The summed E-state index contributed by atoms with van der Waals surface area (Å²) in [7, 11) is -3.46. The Bertz CT molecular complexity index is 497. The van der Waals surface area contributed by atoms with E-state index in [0.717, 1.165) is 5.56 Å². The van der Waals surface area contributed by atoms with Crippen LogP contribution in [0.25, 0.3) is 0 Å². The van der Waals surface area contributed by atoms with Gasteiger partial charge in [-0.3, -0.25) is 4.79 Å². The van der Waals surface area contributed by atoms with Gasteiger partial charge in [-0.2, -0.15) is 0 Å². The molecule has 0 fully saturated rings. The molecule has 18 heavy (non-hydrogen) atoms. The fourth-order valence-electron chi connectivity index (χ4n) is 1.37. The van der Waals surface area contributed by atoms with Crippen LogP contribution in [0.1, 0.15) is 22.3 Å². The molecule has 0 unspecified atom stereocenters. The number of sulfonamides is 1. The summed E-state index contributed by atoms with van der Waals surface area (Å²) < 4.78 is 21.3. The molecule has 6 nitrogen and oxygen atoms in total. The summed E-state index contributed by atoms with van der Waals surface area (Å²) in [6.07, 6.45) is 0.297. The lowest BCUT2D eigenvalue weighted by molar-refractivity contribution is 0.0953. The molecular formula is C11H17N3O3S. The van der Waals surface area contributed by atoms with E-state index in [-0.39, 0.29) is 18.2 Å². The molecule has 5 N–H and O–H groups in total. The Balaban J connectivity index is 2.40. The Hall–Kier alpha value is -1.44. The molecule has 0 radical (unpaired) electrons. The van der Waals surface area contributed by atoms with Crippen LogP contribution in [0.4, 0.5) is 0 Å². The smallest absolute Gasteiger partial charge is 0.251 e. The highest BCUT2D eigenvalue weighted by Gasteiger charge is 2.06. The van der Waals surface area contributed by atoms with E-state index in [1.54, 1.807) is 24.3 Å². The van der Waals surface area contributed by atoms with Gasteiger partial charge in [-0.15, -0.1) is 0 Å². The Morgan fingerprint density at radius 3 is 2.33 bits per heavy atom. The monoisotopic (exact) mass is 271 g/mol.